The van der Waals surface area contributed by atoms with Gasteiger partial charge in [0.2, 0.25) is 11.8 Å². The van der Waals surface area contributed by atoms with Crippen molar-refractivity contribution in [1.29, 1.82) is 0 Å². The molecule has 2 saturated carbocycles. The molecule has 2 aliphatic carbocycles. The van der Waals surface area contributed by atoms with Crippen molar-refractivity contribution < 1.29 is 33.4 Å². The first-order valence-electron chi connectivity index (χ1n) is 17.1. The number of rotatable bonds is 6. The standard InChI is InChI=1S/C35H47N5O7S/c1-5-23-17-35(23,31(43)38-48-25-13-14-25)37-29(41)27-16-24-19-40(27)30(42)28(34(2,3)4)36-32(44)46-15-8-6-7-10-21-11-9-12-22-18-39(20-26(21)22)33(45)47-24/h5,9,11-12,23-25,27-28H,1,6-8,10,13-20H2,2-4H3,(H,36,44)(H,37,41)(H,38,43)/t23?,24-,27+,28-,35-/m1/s1. The highest BCUT2D eigenvalue weighted by Crippen LogP contribution is 2.46. The zero-order chi connectivity index (χ0) is 34.2. The van der Waals surface area contributed by atoms with Crippen molar-refractivity contribution in [2.75, 3.05) is 13.2 Å². The minimum absolute atomic E-state index is 0.0420. The predicted octanol–water partition coefficient (Wildman–Crippen LogP) is 3.96. The van der Waals surface area contributed by atoms with Gasteiger partial charge in [0.05, 0.1) is 13.2 Å². The molecule has 3 heterocycles. The molecular formula is C35H47N5O7S. The maximum absolute atomic E-state index is 14.3. The van der Waals surface area contributed by atoms with Gasteiger partial charge in [0.25, 0.3) is 5.91 Å². The molecule has 260 valence electrons. The van der Waals surface area contributed by atoms with Crippen LogP contribution in [0.15, 0.2) is 30.9 Å². The molecule has 1 unspecified atom stereocenters. The first-order chi connectivity index (χ1) is 22.9. The minimum atomic E-state index is -1.17. The molecule has 1 aromatic carbocycles. The fourth-order valence-corrected chi connectivity index (χ4v) is 7.76. The fraction of sp³-hybridized carbons (Fsp3) is 0.629. The monoisotopic (exact) mass is 681 g/mol. The van der Waals surface area contributed by atoms with Gasteiger partial charge in [0, 0.05) is 30.7 Å². The van der Waals surface area contributed by atoms with Crippen molar-refractivity contribution >= 4 is 41.9 Å². The lowest BCUT2D eigenvalue weighted by Gasteiger charge is -2.35. The van der Waals surface area contributed by atoms with Gasteiger partial charge >= 0.3 is 12.2 Å². The Hall–Kier alpha value is -3.74. The highest BCUT2D eigenvalue weighted by Gasteiger charge is 2.61. The number of nitrogens with zero attached hydrogens (tertiary/aromatic N) is 2. The van der Waals surface area contributed by atoms with E-state index in [1.54, 1.807) is 11.0 Å². The van der Waals surface area contributed by atoms with Crippen LogP contribution in [0.2, 0.25) is 0 Å². The average Bonchev–Trinajstić information content (AvgIpc) is 3.91. The molecular weight excluding hydrogens is 634 g/mol. The van der Waals surface area contributed by atoms with E-state index >= 15 is 0 Å². The Balaban J connectivity index is 1.25. The number of carbonyl (C=O) groups is 5. The number of carbonyl (C=O) groups excluding carboxylic acids is 5. The van der Waals surface area contributed by atoms with Crippen LogP contribution in [-0.4, -0.2) is 81.8 Å². The lowest BCUT2D eigenvalue weighted by Crippen LogP contribution is -2.59. The molecule has 5 atom stereocenters. The van der Waals surface area contributed by atoms with Crippen LogP contribution in [0.4, 0.5) is 9.59 Å². The Kier molecular flexibility index (Phi) is 9.70. The number of benzene rings is 1. The van der Waals surface area contributed by atoms with E-state index in [1.807, 2.05) is 32.9 Å². The van der Waals surface area contributed by atoms with Crippen LogP contribution in [0.25, 0.3) is 0 Å². The normalized spacial score (nSPS) is 29.4. The molecule has 0 radical (unpaired) electrons. The lowest BCUT2D eigenvalue weighted by atomic mass is 9.85. The summed E-state index contributed by atoms with van der Waals surface area (Å²) in [7, 11) is 0. The van der Waals surface area contributed by atoms with Gasteiger partial charge in [0.1, 0.15) is 23.7 Å². The largest absolute Gasteiger partial charge is 0.450 e. The molecule has 3 N–H and O–H groups in total. The number of aryl methyl sites for hydroxylation is 1. The molecule has 1 saturated heterocycles. The third-order valence-electron chi connectivity index (χ3n) is 10.0. The van der Waals surface area contributed by atoms with Crippen LogP contribution in [0.5, 0.6) is 0 Å². The van der Waals surface area contributed by atoms with Crippen LogP contribution in [0.3, 0.4) is 0 Å². The van der Waals surface area contributed by atoms with E-state index in [2.05, 4.69) is 28.0 Å². The molecule has 13 heteroatoms. The Labute approximate surface area is 286 Å². The highest BCUT2D eigenvalue weighted by atomic mass is 32.2. The fourth-order valence-electron chi connectivity index (χ4n) is 6.93. The quantitative estimate of drug-likeness (QED) is 0.302. The van der Waals surface area contributed by atoms with E-state index < -0.39 is 53.1 Å². The van der Waals surface area contributed by atoms with Crippen molar-refractivity contribution in [3.8, 4) is 0 Å². The Morgan fingerprint density at radius 2 is 1.88 bits per heavy atom. The van der Waals surface area contributed by atoms with Crippen molar-refractivity contribution in [3.05, 3.63) is 47.5 Å². The van der Waals surface area contributed by atoms with Gasteiger partial charge in [-0.1, -0.05) is 45.0 Å². The third kappa shape index (κ3) is 7.30. The molecule has 3 fully saturated rings. The average molecular weight is 682 g/mol. The maximum atomic E-state index is 14.3. The van der Waals surface area contributed by atoms with E-state index in [4.69, 9.17) is 9.47 Å². The van der Waals surface area contributed by atoms with Crippen LogP contribution >= 0.6 is 11.9 Å². The molecule has 6 rings (SSSR count). The smallest absolute Gasteiger partial charge is 0.410 e. The van der Waals surface area contributed by atoms with Gasteiger partial charge < -0.3 is 25.0 Å². The molecule has 0 aromatic heterocycles. The summed E-state index contributed by atoms with van der Waals surface area (Å²) < 4.78 is 14.4. The first-order valence-corrected chi connectivity index (χ1v) is 18.0. The summed E-state index contributed by atoms with van der Waals surface area (Å²) in [5.74, 6) is -1.57. The van der Waals surface area contributed by atoms with Gasteiger partial charge in [-0.2, -0.15) is 0 Å². The Morgan fingerprint density at radius 3 is 2.58 bits per heavy atom. The third-order valence-corrected chi connectivity index (χ3v) is 11.2. The predicted molar refractivity (Wildman–Crippen MR) is 179 cm³/mol. The second-order valence-corrected chi connectivity index (χ2v) is 15.9. The van der Waals surface area contributed by atoms with Gasteiger partial charge in [-0.25, -0.2) is 9.59 Å². The molecule has 4 bridgehead atoms. The highest BCUT2D eigenvalue weighted by molar-refractivity contribution is 7.98. The summed E-state index contributed by atoms with van der Waals surface area (Å²) in [5, 5.41) is 6.08. The van der Waals surface area contributed by atoms with Gasteiger partial charge in [-0.05, 0) is 79.0 Å². The van der Waals surface area contributed by atoms with E-state index in [0.717, 1.165) is 43.2 Å². The summed E-state index contributed by atoms with van der Waals surface area (Å²) in [5.41, 5.74) is 1.49. The first kappa shape index (κ1) is 34.1. The number of ether oxygens (including phenoxy) is 2. The zero-order valence-corrected chi connectivity index (χ0v) is 28.9. The number of hydrogen-bond acceptors (Lipinski definition) is 8. The maximum Gasteiger partial charge on any atom is 0.410 e. The second kappa shape index (κ2) is 13.6. The minimum Gasteiger partial charge on any atom is -0.450 e. The second-order valence-electron chi connectivity index (χ2n) is 14.8. The lowest BCUT2D eigenvalue weighted by molar-refractivity contribution is -0.142. The van der Waals surface area contributed by atoms with Gasteiger partial charge in [-0.15, -0.1) is 6.58 Å². The molecule has 1 aromatic rings. The number of nitrogens with one attached hydrogen (secondary N) is 3. The van der Waals surface area contributed by atoms with Crippen LogP contribution in [0.1, 0.15) is 82.4 Å². The van der Waals surface area contributed by atoms with Crippen LogP contribution < -0.4 is 15.4 Å². The van der Waals surface area contributed by atoms with E-state index in [0.29, 0.717) is 31.2 Å². The van der Waals surface area contributed by atoms with Gasteiger partial charge in [-0.3, -0.25) is 24.0 Å². The summed E-state index contributed by atoms with van der Waals surface area (Å²) in [6.45, 7) is 10.3. The SMILES string of the molecule is C=CC1C[C@]1(NC(=O)[C@@H]1C[C@@H]2CN1C(=O)[C@H](C(C)(C)C)NC(=O)OCCCCCc1cccc3c1CN(C3)C(=O)O2)C(=O)NSC1CC1. The zero-order valence-electron chi connectivity index (χ0n) is 28.0. The van der Waals surface area contributed by atoms with E-state index in [9.17, 15) is 24.0 Å². The van der Waals surface area contributed by atoms with Gasteiger partial charge in [0.15, 0.2) is 0 Å². The molecule has 0 spiro atoms. The number of hydrogen-bond donors (Lipinski definition) is 3. The molecule has 3 aliphatic heterocycles. The summed E-state index contributed by atoms with van der Waals surface area (Å²) in [6, 6.07) is 4.04. The number of cyclic esters (lactones) is 1. The van der Waals surface area contributed by atoms with Crippen molar-refractivity contribution in [1.82, 2.24) is 25.2 Å². The molecule has 12 nitrogen and oxygen atoms in total. The van der Waals surface area contributed by atoms with E-state index in [-0.39, 0.29) is 31.4 Å². The number of fused-ring (bicyclic) bond motifs is 3. The molecule has 5 aliphatic rings. The summed E-state index contributed by atoms with van der Waals surface area (Å²) in [4.78, 5) is 71.2. The van der Waals surface area contributed by atoms with E-state index in [1.165, 1.54) is 22.4 Å². The molecule has 48 heavy (non-hydrogen) atoms. The summed E-state index contributed by atoms with van der Waals surface area (Å²) in [6.07, 6.45) is 5.46. The number of amides is 5. The van der Waals surface area contributed by atoms with Crippen LogP contribution in [-0.2, 0) is 43.4 Å². The molecule has 5 amide bonds. The van der Waals surface area contributed by atoms with Crippen molar-refractivity contribution in [2.45, 2.75) is 114 Å². The Bertz CT molecular complexity index is 1480. The van der Waals surface area contributed by atoms with Crippen LogP contribution in [0, 0.1) is 11.3 Å². The summed E-state index contributed by atoms with van der Waals surface area (Å²) >= 11 is 1.37. The van der Waals surface area contributed by atoms with Crippen molar-refractivity contribution in [3.63, 3.8) is 0 Å². The number of alkyl carbamates (subject to hydrolysis) is 1. The topological polar surface area (TPSA) is 146 Å². The van der Waals surface area contributed by atoms with Crippen molar-refractivity contribution in [2.24, 2.45) is 11.3 Å². The Morgan fingerprint density at radius 1 is 1.10 bits per heavy atom.